The molecule has 9 rings (SSSR count). The highest BCUT2D eigenvalue weighted by Crippen LogP contribution is 2.27. The van der Waals surface area contributed by atoms with Crippen molar-refractivity contribution in [2.45, 2.75) is 117 Å². The number of aliphatic hydroxyl groups excluding tert-OH is 6. The molecule has 0 aromatic heterocycles. The fraction of sp³-hybridized carbons (Fsp3) is 0.382. The fourth-order valence-corrected chi connectivity index (χ4v) is 13.3. The van der Waals surface area contributed by atoms with Gasteiger partial charge < -0.3 is 76.0 Å². The number of piperidine rings is 2. The van der Waals surface area contributed by atoms with Gasteiger partial charge in [-0.1, -0.05) is 121 Å². The Bertz CT molecular complexity index is 3590. The molecule has 0 spiro atoms. The van der Waals surface area contributed by atoms with Crippen LogP contribution in [0.4, 0.5) is 5.69 Å². The molecule has 0 saturated carbocycles. The van der Waals surface area contributed by atoms with E-state index in [0.29, 0.717) is 52.1 Å². The molecule has 3 saturated heterocycles. The molecule has 0 radical (unpaired) electrons. The monoisotopic (exact) mass is 1520 g/mol. The summed E-state index contributed by atoms with van der Waals surface area (Å²) in [4.78, 5) is 81.4. The van der Waals surface area contributed by atoms with E-state index in [1.165, 1.54) is 14.7 Å². The van der Waals surface area contributed by atoms with E-state index in [1.54, 1.807) is 87.5 Å². The van der Waals surface area contributed by atoms with Gasteiger partial charge in [0.2, 0.25) is 0 Å². The number of carbonyl (C=O) groups excluding carboxylic acids is 6. The van der Waals surface area contributed by atoms with E-state index in [-0.39, 0.29) is 48.7 Å². The summed E-state index contributed by atoms with van der Waals surface area (Å²) in [6, 6.07) is 45.1. The molecule has 10 N–H and O–H groups in total. The summed E-state index contributed by atoms with van der Waals surface area (Å²) in [5.74, 6) is -3.64. The number of rotatable bonds is 20. The lowest BCUT2D eigenvalue weighted by molar-refractivity contribution is -0.154. The number of hydrogen-bond acceptors (Lipinski definition) is 17. The highest BCUT2D eigenvalue weighted by molar-refractivity contribution is 9.11. The molecule has 9 atom stereocenters. The van der Waals surface area contributed by atoms with Crippen molar-refractivity contribution >= 4 is 98.8 Å². The van der Waals surface area contributed by atoms with Gasteiger partial charge in [0.1, 0.15) is 17.6 Å². The second kappa shape index (κ2) is 35.6. The topological polar surface area (TPSA) is 336 Å². The fourth-order valence-electron chi connectivity index (χ4n) is 10.7. The number of amides is 6. The molecule has 6 aromatic carbocycles. The minimum atomic E-state index is -3.52. The first-order valence-electron chi connectivity index (χ1n) is 30.9. The molecule has 3 fully saturated rings. The Morgan fingerprint density at radius 1 is 0.432 bits per heavy atom. The van der Waals surface area contributed by atoms with Gasteiger partial charge in [0, 0.05) is 84.3 Å². The van der Waals surface area contributed by atoms with Crippen LogP contribution in [0.2, 0.25) is 0 Å². The Hall–Kier alpha value is -7.31. The van der Waals surface area contributed by atoms with E-state index in [4.69, 9.17) is 4.74 Å². The molecule has 0 bridgehead atoms. The number of anilines is 1. The van der Waals surface area contributed by atoms with Crippen LogP contribution in [-0.2, 0) is 38.6 Å². The highest BCUT2D eigenvalue weighted by atomic mass is 79.9. The first kappa shape index (κ1) is 75.1. The van der Waals surface area contributed by atoms with Crippen molar-refractivity contribution in [1.82, 2.24) is 30.7 Å². The molecular formula is C68H80Br3N7O16S. The third-order valence-electron chi connectivity index (χ3n) is 16.5. The number of ether oxygens (including phenoxy) is 1. The Labute approximate surface area is 577 Å². The van der Waals surface area contributed by atoms with E-state index in [9.17, 15) is 72.9 Å². The van der Waals surface area contributed by atoms with E-state index in [0.717, 1.165) is 41.5 Å². The lowest BCUT2D eigenvalue weighted by Crippen LogP contribution is -2.55. The molecule has 27 heteroatoms. The van der Waals surface area contributed by atoms with Gasteiger partial charge in [0.15, 0.2) is 46.5 Å². The van der Waals surface area contributed by atoms with Crippen LogP contribution in [0.3, 0.4) is 0 Å². The Morgan fingerprint density at radius 3 is 1.12 bits per heavy atom. The standard InChI is InChI=1S/C23H27BrN2O6S.C23H27BrN2O5.C22H26BrN3O5/c1-15(16-7-9-17(24)10-8-16)25-22(29)20(27)21(28)23(30)26-13-11-19(12-14-26)33(31,32)18-5-3-2-4-6-18;1-15(16-7-9-17(24)10-8-16)25-22(29)20(27)21(28)23(30)26-13-11-19(12-14-26)31-18-5-3-2-4-6-18;1-14(15-2-4-16(23)5-3-15)24-21(30)19(28)20(29)22(31)26-12-10-25(11-13-26)17-6-8-18(27)9-7-17/h2-10,15,19-21,27-28H,11-14H2,1H3,(H,25,29);2-10,15,19-21,27-28H,11-14H2,1H3,(H,25,29);2-9,14,19-20,27-29H,10-13H2,1H3,(H,24,30)/t15-,20-,21-;15-,20+,21+;14-,19+,20+/m100/s1. The van der Waals surface area contributed by atoms with Gasteiger partial charge in [0.05, 0.1) is 28.3 Å². The van der Waals surface area contributed by atoms with Crippen molar-refractivity contribution in [2.75, 3.05) is 57.3 Å². The number of carbonyl (C=O) groups is 6. The van der Waals surface area contributed by atoms with Crippen LogP contribution in [0.1, 0.15) is 81.3 Å². The number of nitrogens with one attached hydrogen (secondary N) is 3. The second-order valence-electron chi connectivity index (χ2n) is 23.2. The molecular weight excluding hydrogens is 1440 g/mol. The van der Waals surface area contributed by atoms with Crippen molar-refractivity contribution < 1.29 is 77.7 Å². The van der Waals surface area contributed by atoms with Crippen LogP contribution in [0, 0.1) is 0 Å². The SMILES string of the molecule is C[C@@H](NC(=O)[C@H](O)[C@@H](O)C(=O)N1CCC(S(=O)(=O)c2ccccc2)CC1)c1ccc(Br)cc1.C[C@H](NC(=O)[C@H](O)[C@@H](O)C(=O)N1CCC(Oc2ccccc2)CC1)c1ccc(Br)cc1.C[C@H](NC(=O)[C@H](O)[C@@H](O)C(=O)N1CCN(c2ccc(O)cc2)CC1)c1ccc(Br)cc1. The Balaban J connectivity index is 0.000000201. The van der Waals surface area contributed by atoms with Crippen LogP contribution >= 0.6 is 47.8 Å². The summed E-state index contributed by atoms with van der Waals surface area (Å²) in [5.41, 5.74) is 3.38. The maximum atomic E-state index is 12.8. The number of sulfone groups is 1. The molecule has 23 nitrogen and oxygen atoms in total. The molecule has 0 unspecified atom stereocenters. The van der Waals surface area contributed by atoms with Crippen molar-refractivity contribution in [3.05, 3.63) is 188 Å². The number of likely N-dealkylation sites (tertiary alicyclic amines) is 2. The smallest absolute Gasteiger partial charge is 0.254 e. The van der Waals surface area contributed by atoms with Gasteiger partial charge in [0.25, 0.3) is 35.4 Å². The Morgan fingerprint density at radius 2 is 0.758 bits per heavy atom. The van der Waals surface area contributed by atoms with Gasteiger partial charge in [-0.2, -0.15) is 0 Å². The molecule has 6 amide bonds. The predicted octanol–water partition coefficient (Wildman–Crippen LogP) is 5.63. The summed E-state index contributed by atoms with van der Waals surface area (Å²) in [6.45, 7) is 7.99. The van der Waals surface area contributed by atoms with Crippen molar-refractivity contribution in [1.29, 1.82) is 0 Å². The van der Waals surface area contributed by atoms with E-state index < -0.39 is 99.2 Å². The summed E-state index contributed by atoms with van der Waals surface area (Å²) in [6.07, 6.45) is -9.64. The van der Waals surface area contributed by atoms with Gasteiger partial charge in [-0.3, -0.25) is 28.8 Å². The van der Waals surface area contributed by atoms with Crippen LogP contribution in [-0.4, -0.2) is 195 Å². The number of phenolic OH excluding ortho intramolecular Hbond substituents is 1. The summed E-state index contributed by atoms with van der Waals surface area (Å²) >= 11 is 10.0. The van der Waals surface area contributed by atoms with Crippen LogP contribution in [0.25, 0.3) is 0 Å². The first-order valence-corrected chi connectivity index (χ1v) is 34.8. The van der Waals surface area contributed by atoms with E-state index in [1.807, 2.05) is 91.0 Å². The molecule has 510 valence electrons. The van der Waals surface area contributed by atoms with Crippen LogP contribution in [0.5, 0.6) is 11.5 Å². The maximum Gasteiger partial charge on any atom is 0.254 e. The number of halogens is 3. The van der Waals surface area contributed by atoms with Crippen molar-refractivity contribution in [2.24, 2.45) is 0 Å². The number of aliphatic hydroxyl groups is 6. The number of phenols is 1. The second-order valence-corrected chi connectivity index (χ2v) is 28.2. The first-order chi connectivity index (χ1) is 45.2. The van der Waals surface area contributed by atoms with Gasteiger partial charge in [-0.25, -0.2) is 8.42 Å². The quantitative estimate of drug-likeness (QED) is 0.0442. The number of benzene rings is 6. The summed E-state index contributed by atoms with van der Waals surface area (Å²) in [5, 5.41) is 78.2. The normalized spacial score (nSPS) is 17.4. The molecule has 3 heterocycles. The average Bonchev–Trinajstić information content (AvgIpc) is 0.863. The predicted molar refractivity (Wildman–Crippen MR) is 365 cm³/mol. The molecule has 6 aromatic rings. The zero-order chi connectivity index (χ0) is 69.1. The minimum absolute atomic E-state index is 0.0245. The van der Waals surface area contributed by atoms with Crippen molar-refractivity contribution in [3.63, 3.8) is 0 Å². The molecule has 0 aliphatic carbocycles. The third kappa shape index (κ3) is 21.3. The highest BCUT2D eigenvalue weighted by Gasteiger charge is 2.40. The summed E-state index contributed by atoms with van der Waals surface area (Å²) < 4.78 is 34.2. The molecule has 3 aliphatic heterocycles. The third-order valence-corrected chi connectivity index (χ3v) is 20.4. The lowest BCUT2D eigenvalue weighted by atomic mass is 10.0. The number of piperazine rings is 1. The maximum absolute atomic E-state index is 12.8. The molecule has 3 aliphatic rings. The number of hydrogen-bond donors (Lipinski definition) is 10. The van der Waals surface area contributed by atoms with Crippen LogP contribution in [0.15, 0.2) is 176 Å². The molecule has 95 heavy (non-hydrogen) atoms. The van der Waals surface area contributed by atoms with Gasteiger partial charge in [-0.05, 0) is 135 Å². The largest absolute Gasteiger partial charge is 0.508 e. The van der Waals surface area contributed by atoms with Crippen molar-refractivity contribution in [3.8, 4) is 11.5 Å². The zero-order valence-electron chi connectivity index (χ0n) is 52.5. The number of aromatic hydroxyl groups is 1. The van der Waals surface area contributed by atoms with E-state index in [2.05, 4.69) is 68.6 Å². The van der Waals surface area contributed by atoms with Crippen LogP contribution < -0.4 is 25.6 Å². The number of para-hydroxylation sites is 1. The number of nitrogens with zero attached hydrogens (tertiary/aromatic N) is 4. The average molecular weight is 1520 g/mol. The lowest BCUT2D eigenvalue weighted by Gasteiger charge is -2.37. The Kier molecular flexibility index (Phi) is 28.1. The summed E-state index contributed by atoms with van der Waals surface area (Å²) in [7, 11) is -3.52. The zero-order valence-corrected chi connectivity index (χ0v) is 58.1. The minimum Gasteiger partial charge on any atom is -0.508 e. The van der Waals surface area contributed by atoms with E-state index >= 15 is 0 Å². The van der Waals surface area contributed by atoms with Gasteiger partial charge >= 0.3 is 0 Å². The van der Waals surface area contributed by atoms with Gasteiger partial charge in [-0.15, -0.1) is 0 Å².